The number of benzene rings is 1. The van der Waals surface area contributed by atoms with Gasteiger partial charge in [-0.2, -0.15) is 0 Å². The fourth-order valence-corrected chi connectivity index (χ4v) is 2.88. The van der Waals surface area contributed by atoms with Gasteiger partial charge in [0.05, 0.1) is 5.52 Å². The van der Waals surface area contributed by atoms with E-state index in [0.717, 1.165) is 36.1 Å². The quantitative estimate of drug-likeness (QED) is 0.876. The molecule has 0 atom stereocenters. The second-order valence-electron chi connectivity index (χ2n) is 5.69. The predicted octanol–water partition coefficient (Wildman–Crippen LogP) is 3.80. The number of pyridine rings is 1. The molecule has 1 amide bonds. The lowest BCUT2D eigenvalue weighted by molar-refractivity contribution is -0.116. The molecule has 0 unspecified atom stereocenters. The molecule has 2 aromatic rings. The molecule has 0 saturated carbocycles. The Morgan fingerprint density at radius 3 is 2.78 bits per heavy atom. The van der Waals surface area contributed by atoms with Crippen LogP contribution >= 0.6 is 24.8 Å². The van der Waals surface area contributed by atoms with Crippen LogP contribution < -0.4 is 10.6 Å². The van der Waals surface area contributed by atoms with Crippen molar-refractivity contribution in [2.24, 2.45) is 5.92 Å². The zero-order valence-electron chi connectivity index (χ0n) is 13.0. The second-order valence-corrected chi connectivity index (χ2v) is 5.69. The Labute approximate surface area is 149 Å². The molecular weight excluding hydrogens is 333 g/mol. The molecule has 2 N–H and O–H groups in total. The molecule has 0 aliphatic carbocycles. The van der Waals surface area contributed by atoms with Gasteiger partial charge in [-0.25, -0.2) is 0 Å². The molecule has 2 heterocycles. The van der Waals surface area contributed by atoms with Crippen LogP contribution in [0.3, 0.4) is 0 Å². The first kappa shape index (κ1) is 19.7. The molecule has 1 saturated heterocycles. The van der Waals surface area contributed by atoms with Crippen LogP contribution in [0.1, 0.15) is 25.7 Å². The molecule has 1 fully saturated rings. The molecule has 1 aromatic carbocycles. The first-order chi connectivity index (χ1) is 10.3. The summed E-state index contributed by atoms with van der Waals surface area (Å²) in [5, 5.41) is 7.39. The largest absolute Gasteiger partial charge is 0.326 e. The van der Waals surface area contributed by atoms with Crippen LogP contribution in [0.5, 0.6) is 0 Å². The molecule has 4 nitrogen and oxygen atoms in total. The van der Waals surface area contributed by atoms with Crippen molar-refractivity contribution in [3.8, 4) is 0 Å². The van der Waals surface area contributed by atoms with Gasteiger partial charge in [0.1, 0.15) is 0 Å². The number of rotatable bonds is 4. The van der Waals surface area contributed by atoms with Gasteiger partial charge in [0.15, 0.2) is 0 Å². The summed E-state index contributed by atoms with van der Waals surface area (Å²) in [6, 6.07) is 9.75. The Morgan fingerprint density at radius 2 is 2.00 bits per heavy atom. The van der Waals surface area contributed by atoms with Gasteiger partial charge in [-0.3, -0.25) is 9.78 Å². The van der Waals surface area contributed by atoms with Gasteiger partial charge in [-0.15, -0.1) is 24.8 Å². The maximum atomic E-state index is 12.0. The summed E-state index contributed by atoms with van der Waals surface area (Å²) in [6.07, 6.45) is 5.75. The van der Waals surface area contributed by atoms with Gasteiger partial charge in [0, 0.05) is 23.7 Å². The number of anilines is 1. The molecule has 0 radical (unpaired) electrons. The van der Waals surface area contributed by atoms with E-state index in [-0.39, 0.29) is 30.7 Å². The van der Waals surface area contributed by atoms with Crippen molar-refractivity contribution >= 4 is 47.3 Å². The number of amides is 1. The van der Waals surface area contributed by atoms with E-state index in [2.05, 4.69) is 15.6 Å². The smallest absolute Gasteiger partial charge is 0.224 e. The average Bonchev–Trinajstić information content (AvgIpc) is 2.54. The minimum Gasteiger partial charge on any atom is -0.326 e. The Hall–Kier alpha value is -1.36. The SMILES string of the molecule is Cl.Cl.O=C(CCC1CCNCC1)Nc1ccc2ncccc2c1. The van der Waals surface area contributed by atoms with Crippen LogP contribution in [-0.4, -0.2) is 24.0 Å². The zero-order chi connectivity index (χ0) is 14.5. The van der Waals surface area contributed by atoms with Crippen LogP contribution in [0.2, 0.25) is 0 Å². The van der Waals surface area contributed by atoms with Crippen molar-refractivity contribution in [3.05, 3.63) is 36.5 Å². The molecule has 1 aliphatic rings. The van der Waals surface area contributed by atoms with Gasteiger partial charge < -0.3 is 10.6 Å². The molecular formula is C17H23Cl2N3O. The fourth-order valence-electron chi connectivity index (χ4n) is 2.88. The summed E-state index contributed by atoms with van der Waals surface area (Å²) in [6.45, 7) is 2.17. The Kier molecular flexibility index (Phi) is 8.31. The van der Waals surface area contributed by atoms with E-state index in [0.29, 0.717) is 12.3 Å². The Morgan fingerprint density at radius 1 is 1.22 bits per heavy atom. The molecule has 23 heavy (non-hydrogen) atoms. The highest BCUT2D eigenvalue weighted by molar-refractivity contribution is 5.93. The number of halogens is 2. The average molecular weight is 356 g/mol. The zero-order valence-corrected chi connectivity index (χ0v) is 14.6. The number of hydrogen-bond donors (Lipinski definition) is 2. The minimum atomic E-state index is 0. The summed E-state index contributed by atoms with van der Waals surface area (Å²) in [4.78, 5) is 16.3. The van der Waals surface area contributed by atoms with E-state index in [1.807, 2.05) is 30.3 Å². The van der Waals surface area contributed by atoms with Gasteiger partial charge in [-0.05, 0) is 62.5 Å². The third-order valence-electron chi connectivity index (χ3n) is 4.13. The fraction of sp³-hybridized carbons (Fsp3) is 0.412. The van der Waals surface area contributed by atoms with Crippen molar-refractivity contribution in [2.45, 2.75) is 25.7 Å². The number of fused-ring (bicyclic) bond motifs is 1. The molecule has 0 bridgehead atoms. The van der Waals surface area contributed by atoms with Crippen molar-refractivity contribution in [3.63, 3.8) is 0 Å². The first-order valence-electron chi connectivity index (χ1n) is 7.66. The summed E-state index contributed by atoms with van der Waals surface area (Å²) in [5.41, 5.74) is 1.80. The van der Waals surface area contributed by atoms with E-state index in [9.17, 15) is 4.79 Å². The van der Waals surface area contributed by atoms with E-state index < -0.39 is 0 Å². The number of aromatic nitrogens is 1. The summed E-state index contributed by atoms with van der Waals surface area (Å²) < 4.78 is 0. The number of piperidine rings is 1. The normalized spacial score (nSPS) is 14.6. The second kappa shape index (κ2) is 9.71. The van der Waals surface area contributed by atoms with Crippen LogP contribution in [0.25, 0.3) is 10.9 Å². The van der Waals surface area contributed by atoms with Crippen molar-refractivity contribution < 1.29 is 4.79 Å². The molecule has 0 spiro atoms. The van der Waals surface area contributed by atoms with Crippen molar-refractivity contribution in [1.82, 2.24) is 10.3 Å². The third kappa shape index (κ3) is 5.65. The monoisotopic (exact) mass is 355 g/mol. The third-order valence-corrected chi connectivity index (χ3v) is 4.13. The van der Waals surface area contributed by atoms with Crippen LogP contribution in [-0.2, 0) is 4.79 Å². The highest BCUT2D eigenvalue weighted by Crippen LogP contribution is 2.20. The standard InChI is InChI=1S/C17H21N3O.2ClH/c21-17(6-3-13-7-10-18-11-8-13)20-15-4-5-16-14(12-15)2-1-9-19-16;;/h1-2,4-5,9,12-13,18H,3,6-8,10-11H2,(H,20,21);2*1H. The minimum absolute atomic E-state index is 0. The van der Waals surface area contributed by atoms with E-state index >= 15 is 0 Å². The Bertz CT molecular complexity index is 630. The summed E-state index contributed by atoms with van der Waals surface area (Å²) >= 11 is 0. The van der Waals surface area contributed by atoms with Gasteiger partial charge >= 0.3 is 0 Å². The molecule has 3 rings (SSSR count). The molecule has 1 aliphatic heterocycles. The highest BCUT2D eigenvalue weighted by atomic mass is 35.5. The molecule has 126 valence electrons. The lowest BCUT2D eigenvalue weighted by atomic mass is 9.93. The number of carbonyl (C=O) groups is 1. The van der Waals surface area contributed by atoms with Crippen LogP contribution in [0.15, 0.2) is 36.5 Å². The predicted molar refractivity (Wildman–Crippen MR) is 99.7 cm³/mol. The summed E-state index contributed by atoms with van der Waals surface area (Å²) in [5.74, 6) is 0.801. The lowest BCUT2D eigenvalue weighted by Crippen LogP contribution is -2.28. The number of hydrogen-bond acceptors (Lipinski definition) is 3. The highest BCUT2D eigenvalue weighted by Gasteiger charge is 2.14. The number of nitrogens with one attached hydrogen (secondary N) is 2. The first-order valence-corrected chi connectivity index (χ1v) is 7.66. The van der Waals surface area contributed by atoms with Crippen molar-refractivity contribution in [2.75, 3.05) is 18.4 Å². The van der Waals surface area contributed by atoms with E-state index in [4.69, 9.17) is 0 Å². The maximum Gasteiger partial charge on any atom is 0.224 e. The van der Waals surface area contributed by atoms with Gasteiger partial charge in [0.25, 0.3) is 0 Å². The number of nitrogens with zero attached hydrogens (tertiary/aromatic N) is 1. The van der Waals surface area contributed by atoms with Crippen molar-refractivity contribution in [1.29, 1.82) is 0 Å². The van der Waals surface area contributed by atoms with E-state index in [1.54, 1.807) is 6.20 Å². The molecule has 1 aromatic heterocycles. The van der Waals surface area contributed by atoms with Crippen LogP contribution in [0, 0.1) is 5.92 Å². The maximum absolute atomic E-state index is 12.0. The van der Waals surface area contributed by atoms with Gasteiger partial charge in [-0.1, -0.05) is 6.07 Å². The molecule has 6 heteroatoms. The lowest BCUT2D eigenvalue weighted by Gasteiger charge is -2.22. The Balaban J connectivity index is 0.00000132. The van der Waals surface area contributed by atoms with Crippen LogP contribution in [0.4, 0.5) is 5.69 Å². The summed E-state index contributed by atoms with van der Waals surface area (Å²) in [7, 11) is 0. The van der Waals surface area contributed by atoms with Gasteiger partial charge in [0.2, 0.25) is 5.91 Å². The number of carbonyl (C=O) groups excluding carboxylic acids is 1. The van der Waals surface area contributed by atoms with E-state index in [1.165, 1.54) is 12.8 Å². The topological polar surface area (TPSA) is 54.0 Å².